The van der Waals surface area contributed by atoms with E-state index >= 15 is 0 Å². The van der Waals surface area contributed by atoms with Gasteiger partial charge in [0.25, 0.3) is 6.02 Å². The van der Waals surface area contributed by atoms with Crippen LogP contribution < -0.4 is 5.32 Å². The highest BCUT2D eigenvalue weighted by atomic mass is 32.1. The number of thiazole rings is 1. The van der Waals surface area contributed by atoms with Gasteiger partial charge in [0.15, 0.2) is 10.7 Å². The number of hydrogen-bond acceptors (Lipinski definition) is 5. The normalized spacial score (nSPS) is 35.5. The second-order valence-electron chi connectivity index (χ2n) is 7.00. The number of ether oxygens (including phenoxy) is 1. The van der Waals surface area contributed by atoms with Gasteiger partial charge in [-0.2, -0.15) is 0 Å². The minimum Gasteiger partial charge on any atom is -0.585 e. The van der Waals surface area contributed by atoms with Crippen LogP contribution >= 0.6 is 11.3 Å². The molecule has 2 bridgehead atoms. The van der Waals surface area contributed by atoms with Gasteiger partial charge in [-0.05, 0) is 25.0 Å². The lowest BCUT2D eigenvalue weighted by molar-refractivity contribution is -0.845. The van der Waals surface area contributed by atoms with Gasteiger partial charge < -0.3 is 9.13 Å². The van der Waals surface area contributed by atoms with Crippen LogP contribution in [0.15, 0.2) is 29.3 Å². The van der Waals surface area contributed by atoms with Crippen molar-refractivity contribution in [2.45, 2.75) is 18.4 Å². The van der Waals surface area contributed by atoms with Gasteiger partial charge in [-0.25, -0.2) is 18.0 Å². The Kier molecular flexibility index (Phi) is 2.83. The minimum absolute atomic E-state index is 0.204. The third-order valence-electron chi connectivity index (χ3n) is 5.47. The Balaban J connectivity index is 1.36. The van der Waals surface area contributed by atoms with Gasteiger partial charge >= 0.3 is 0 Å². The Morgan fingerprint density at radius 1 is 1.30 bits per heavy atom. The van der Waals surface area contributed by atoms with E-state index in [1.807, 2.05) is 18.2 Å². The zero-order valence-corrected chi connectivity index (χ0v) is 13.7. The molecule has 7 heteroatoms. The van der Waals surface area contributed by atoms with E-state index in [0.717, 1.165) is 47.8 Å². The van der Waals surface area contributed by atoms with E-state index in [-0.39, 0.29) is 5.60 Å². The number of nitrogens with one attached hydrogen (secondary N) is 1. The quantitative estimate of drug-likeness (QED) is 0.818. The fourth-order valence-corrected chi connectivity index (χ4v) is 5.12. The average Bonchev–Trinajstić information content (AvgIpc) is 3.11. The van der Waals surface area contributed by atoms with Gasteiger partial charge in [-0.15, -0.1) is 0 Å². The van der Waals surface area contributed by atoms with Gasteiger partial charge in [-0.3, -0.25) is 5.32 Å². The average molecular weight is 325 g/mol. The van der Waals surface area contributed by atoms with Crippen molar-refractivity contribution in [3.8, 4) is 0 Å². The first-order valence-electron chi connectivity index (χ1n) is 8.15. The van der Waals surface area contributed by atoms with Crippen molar-refractivity contribution in [2.24, 2.45) is 10.9 Å². The molecular formula is C16H18BN4OS. The molecule has 2 aromatic rings. The monoisotopic (exact) mass is 325 g/mol. The molecule has 1 spiro atoms. The molecule has 1 unspecified atom stereocenters. The van der Waals surface area contributed by atoms with E-state index in [4.69, 9.17) is 12.7 Å². The highest BCUT2D eigenvalue weighted by Gasteiger charge is 2.54. The first kappa shape index (κ1) is 13.8. The number of benzene rings is 1. The van der Waals surface area contributed by atoms with Crippen molar-refractivity contribution in [3.05, 3.63) is 24.3 Å². The summed E-state index contributed by atoms with van der Waals surface area (Å²) >= 11 is 1.62. The van der Waals surface area contributed by atoms with E-state index in [1.54, 1.807) is 11.3 Å². The summed E-state index contributed by atoms with van der Waals surface area (Å²) in [5.74, 6) is 0.574. The molecule has 1 aromatic heterocycles. The highest BCUT2D eigenvalue weighted by molar-refractivity contribution is 7.22. The Morgan fingerprint density at radius 3 is 2.91 bits per heavy atom. The summed E-state index contributed by atoms with van der Waals surface area (Å²) in [5, 5.41) is 4.09. The van der Waals surface area contributed by atoms with Crippen LogP contribution in [0.1, 0.15) is 12.8 Å². The van der Waals surface area contributed by atoms with E-state index < -0.39 is 0 Å². The molecule has 1 aromatic carbocycles. The second kappa shape index (κ2) is 4.71. The predicted octanol–water partition coefficient (Wildman–Crippen LogP) is 2.16. The Bertz CT molecular complexity index is 765. The van der Waals surface area contributed by atoms with Gasteiger partial charge in [0, 0.05) is 19.0 Å². The molecule has 1 N–H and O–H groups in total. The lowest BCUT2D eigenvalue weighted by Crippen LogP contribution is -2.69. The van der Waals surface area contributed by atoms with Crippen LogP contribution in [0.4, 0.5) is 5.13 Å². The SMILES string of the molecule is [B-][N+]12CCC(CC1)C1(CN=C(Nc3nc4ccccc4s3)O1)C2. The number of piperidine rings is 3. The smallest absolute Gasteiger partial charge is 0.292 e. The third kappa shape index (κ3) is 2.17. The van der Waals surface area contributed by atoms with Crippen molar-refractivity contribution in [3.63, 3.8) is 0 Å². The molecule has 3 radical (unpaired) electrons. The molecule has 5 heterocycles. The van der Waals surface area contributed by atoms with Gasteiger partial charge in [-0.1, -0.05) is 23.5 Å². The maximum Gasteiger partial charge on any atom is 0.292 e. The molecule has 6 rings (SSSR count). The fourth-order valence-electron chi connectivity index (χ4n) is 4.27. The molecule has 23 heavy (non-hydrogen) atoms. The summed E-state index contributed by atoms with van der Waals surface area (Å²) in [7, 11) is 6.48. The molecule has 117 valence electrons. The summed E-state index contributed by atoms with van der Waals surface area (Å²) in [6, 6.07) is 8.73. The van der Waals surface area contributed by atoms with Crippen LogP contribution in [-0.4, -0.2) is 55.2 Å². The minimum atomic E-state index is -0.204. The molecule has 0 amide bonds. The Labute approximate surface area is 140 Å². The highest BCUT2D eigenvalue weighted by Crippen LogP contribution is 2.43. The first-order valence-corrected chi connectivity index (χ1v) is 8.97. The van der Waals surface area contributed by atoms with Crippen molar-refractivity contribution < 1.29 is 9.13 Å². The summed E-state index contributed by atoms with van der Waals surface area (Å²) in [5.41, 5.74) is 0.798. The maximum atomic E-state index is 6.48. The number of aromatic nitrogens is 1. The maximum absolute atomic E-state index is 6.48. The molecule has 0 aliphatic carbocycles. The second-order valence-corrected chi connectivity index (χ2v) is 8.03. The van der Waals surface area contributed by atoms with Crippen molar-refractivity contribution in [1.29, 1.82) is 0 Å². The van der Waals surface area contributed by atoms with E-state index in [1.165, 1.54) is 0 Å². The summed E-state index contributed by atoms with van der Waals surface area (Å²) in [6.45, 7) is 3.71. The molecule has 3 fully saturated rings. The number of anilines is 1. The summed E-state index contributed by atoms with van der Waals surface area (Å²) < 4.78 is 8.10. The molecule has 4 aliphatic rings. The van der Waals surface area contributed by atoms with Crippen LogP contribution in [0.2, 0.25) is 0 Å². The number of amidine groups is 1. The lowest BCUT2D eigenvalue weighted by Gasteiger charge is -2.64. The van der Waals surface area contributed by atoms with Crippen LogP contribution in [0.5, 0.6) is 0 Å². The van der Waals surface area contributed by atoms with Gasteiger partial charge in [0.2, 0.25) is 0 Å². The number of fused-ring (bicyclic) bond motifs is 3. The van der Waals surface area contributed by atoms with Crippen LogP contribution in [0, 0.1) is 5.92 Å². The Morgan fingerprint density at radius 2 is 2.13 bits per heavy atom. The van der Waals surface area contributed by atoms with Gasteiger partial charge in [0.1, 0.15) is 0 Å². The number of quaternary nitrogens is 1. The topological polar surface area (TPSA) is 46.5 Å². The van der Waals surface area contributed by atoms with E-state index in [2.05, 4.69) is 21.4 Å². The van der Waals surface area contributed by atoms with E-state index in [9.17, 15) is 0 Å². The van der Waals surface area contributed by atoms with Crippen LogP contribution in [0.3, 0.4) is 0 Å². The van der Waals surface area contributed by atoms with Crippen LogP contribution in [0.25, 0.3) is 10.2 Å². The largest absolute Gasteiger partial charge is 0.585 e. The number of nitrogens with zero attached hydrogens (tertiary/aromatic N) is 3. The molecular weight excluding hydrogens is 307 g/mol. The zero-order chi connectivity index (χ0) is 15.5. The number of rotatable bonds is 1. The third-order valence-corrected chi connectivity index (χ3v) is 6.42. The molecule has 4 aliphatic heterocycles. The molecule has 3 saturated heterocycles. The first-order chi connectivity index (χ1) is 11.1. The van der Waals surface area contributed by atoms with Gasteiger partial charge in [0.05, 0.1) is 23.3 Å². The summed E-state index contributed by atoms with van der Waals surface area (Å²) in [4.78, 5) is 9.20. The summed E-state index contributed by atoms with van der Waals surface area (Å²) in [6.07, 6.45) is 2.28. The van der Waals surface area contributed by atoms with Crippen molar-refractivity contribution in [1.82, 2.24) is 4.98 Å². The Hall–Kier alpha value is -1.60. The zero-order valence-electron chi connectivity index (χ0n) is 12.9. The predicted molar refractivity (Wildman–Crippen MR) is 92.7 cm³/mol. The molecule has 0 saturated carbocycles. The van der Waals surface area contributed by atoms with Crippen LogP contribution in [-0.2, 0) is 4.74 Å². The van der Waals surface area contributed by atoms with E-state index in [0.29, 0.717) is 22.9 Å². The van der Waals surface area contributed by atoms with Crippen molar-refractivity contribution in [2.75, 3.05) is 31.5 Å². The molecule has 5 nitrogen and oxygen atoms in total. The number of para-hydroxylation sites is 1. The number of hydrogen-bond donors (Lipinski definition) is 1. The fraction of sp³-hybridized carbons (Fsp3) is 0.500. The standard InChI is InChI=1S/C16H18BN4OS/c17-21-7-5-11(6-8-21)16(10-21)9-18-14(22-16)20-15-19-12-3-1-2-4-13(12)23-15/h1-4,11H,5-10H2,(H,18,19,20). The molecule has 1 atom stereocenters. The van der Waals surface area contributed by atoms with Crippen molar-refractivity contribution >= 4 is 40.7 Å². The lowest BCUT2D eigenvalue weighted by atomic mass is 9.72. The number of aliphatic imine (C=N–C) groups is 1.